The van der Waals surface area contributed by atoms with Gasteiger partial charge in [-0.2, -0.15) is 0 Å². The van der Waals surface area contributed by atoms with Gasteiger partial charge in [0.05, 0.1) is 28.4 Å². The Balaban J connectivity index is 2.19. The second kappa shape index (κ2) is 8.29. The lowest BCUT2D eigenvalue weighted by Crippen LogP contribution is -1.94. The summed E-state index contributed by atoms with van der Waals surface area (Å²) in [7, 11) is 6.55. The van der Waals surface area contributed by atoms with Crippen molar-refractivity contribution in [3.05, 3.63) is 53.6 Å². The molecule has 1 unspecified atom stereocenters. The highest BCUT2D eigenvalue weighted by atomic mass is 16.5. The minimum atomic E-state index is 0.234. The Morgan fingerprint density at radius 2 is 1.25 bits per heavy atom. The first kappa shape index (κ1) is 17.7. The van der Waals surface area contributed by atoms with Gasteiger partial charge < -0.3 is 18.9 Å². The molecule has 0 fully saturated rings. The molecule has 2 aromatic rings. The summed E-state index contributed by atoms with van der Waals surface area (Å²) < 4.78 is 21.2. The molecule has 0 amide bonds. The van der Waals surface area contributed by atoms with Crippen LogP contribution in [-0.2, 0) is 0 Å². The molecule has 0 bridgehead atoms. The zero-order chi connectivity index (χ0) is 17.5. The summed E-state index contributed by atoms with van der Waals surface area (Å²) in [5, 5.41) is 0. The molecule has 1 atom stereocenters. The SMILES string of the molecule is COc1ccc(C=CC(C)c2ccc(OC)c(OC)c2)cc1OC. The molecule has 2 aromatic carbocycles. The zero-order valence-electron chi connectivity index (χ0n) is 14.8. The molecule has 0 spiro atoms. The van der Waals surface area contributed by atoms with E-state index in [1.54, 1.807) is 28.4 Å². The number of benzene rings is 2. The van der Waals surface area contributed by atoms with E-state index in [0.29, 0.717) is 0 Å². The first-order valence-corrected chi connectivity index (χ1v) is 7.75. The second-order valence-electron chi connectivity index (χ2n) is 5.38. The van der Waals surface area contributed by atoms with Gasteiger partial charge in [-0.05, 0) is 41.3 Å². The van der Waals surface area contributed by atoms with Gasteiger partial charge in [-0.15, -0.1) is 0 Å². The molecule has 0 N–H and O–H groups in total. The van der Waals surface area contributed by atoms with Crippen LogP contribution in [0.15, 0.2) is 42.5 Å². The first-order chi connectivity index (χ1) is 11.6. The van der Waals surface area contributed by atoms with Crippen molar-refractivity contribution in [1.82, 2.24) is 0 Å². The molecular weight excluding hydrogens is 304 g/mol. The molecule has 0 saturated carbocycles. The number of ether oxygens (including phenoxy) is 4. The summed E-state index contributed by atoms with van der Waals surface area (Å²) in [6, 6.07) is 11.8. The topological polar surface area (TPSA) is 36.9 Å². The third kappa shape index (κ3) is 4.02. The zero-order valence-corrected chi connectivity index (χ0v) is 14.8. The smallest absolute Gasteiger partial charge is 0.161 e. The fourth-order valence-corrected chi connectivity index (χ4v) is 2.46. The Labute approximate surface area is 143 Å². The lowest BCUT2D eigenvalue weighted by Gasteiger charge is -2.12. The van der Waals surface area contributed by atoms with Gasteiger partial charge in [0.15, 0.2) is 23.0 Å². The van der Waals surface area contributed by atoms with Crippen LogP contribution in [0.5, 0.6) is 23.0 Å². The molecule has 0 aliphatic rings. The van der Waals surface area contributed by atoms with E-state index in [1.807, 2.05) is 36.4 Å². The van der Waals surface area contributed by atoms with E-state index in [1.165, 1.54) is 0 Å². The minimum Gasteiger partial charge on any atom is -0.493 e. The Morgan fingerprint density at radius 3 is 1.83 bits per heavy atom. The first-order valence-electron chi connectivity index (χ1n) is 7.75. The fraction of sp³-hybridized carbons (Fsp3) is 0.300. The van der Waals surface area contributed by atoms with Crippen molar-refractivity contribution in [2.45, 2.75) is 12.8 Å². The Morgan fingerprint density at radius 1 is 0.708 bits per heavy atom. The van der Waals surface area contributed by atoms with Crippen molar-refractivity contribution >= 4 is 6.08 Å². The third-order valence-corrected chi connectivity index (χ3v) is 3.92. The number of methoxy groups -OCH3 is 4. The molecule has 2 rings (SSSR count). The number of hydrogen-bond donors (Lipinski definition) is 0. The minimum absolute atomic E-state index is 0.234. The Bertz CT molecular complexity index is 707. The number of rotatable bonds is 7. The van der Waals surface area contributed by atoms with Crippen LogP contribution in [0.2, 0.25) is 0 Å². The van der Waals surface area contributed by atoms with E-state index in [2.05, 4.69) is 19.1 Å². The highest BCUT2D eigenvalue weighted by Gasteiger charge is 2.08. The molecule has 0 aliphatic carbocycles. The van der Waals surface area contributed by atoms with Gasteiger partial charge in [-0.3, -0.25) is 0 Å². The van der Waals surface area contributed by atoms with E-state index in [9.17, 15) is 0 Å². The van der Waals surface area contributed by atoms with Crippen LogP contribution in [-0.4, -0.2) is 28.4 Å². The van der Waals surface area contributed by atoms with Crippen LogP contribution in [0.1, 0.15) is 24.0 Å². The van der Waals surface area contributed by atoms with Crippen LogP contribution < -0.4 is 18.9 Å². The highest BCUT2D eigenvalue weighted by molar-refractivity contribution is 5.57. The van der Waals surface area contributed by atoms with Crippen LogP contribution in [0, 0.1) is 0 Å². The molecule has 0 aromatic heterocycles. The summed E-state index contributed by atoms with van der Waals surface area (Å²) in [4.78, 5) is 0. The number of allylic oxidation sites excluding steroid dienone is 1. The van der Waals surface area contributed by atoms with Gasteiger partial charge in [0, 0.05) is 0 Å². The van der Waals surface area contributed by atoms with Crippen LogP contribution in [0.3, 0.4) is 0 Å². The van der Waals surface area contributed by atoms with Gasteiger partial charge in [-0.25, -0.2) is 0 Å². The lowest BCUT2D eigenvalue weighted by atomic mass is 9.99. The molecular formula is C20H24O4. The van der Waals surface area contributed by atoms with E-state index < -0.39 is 0 Å². The normalized spacial score (nSPS) is 12.0. The van der Waals surface area contributed by atoms with Crippen molar-refractivity contribution in [2.75, 3.05) is 28.4 Å². The van der Waals surface area contributed by atoms with Gasteiger partial charge in [-0.1, -0.05) is 31.2 Å². The summed E-state index contributed by atoms with van der Waals surface area (Å²) in [5.41, 5.74) is 2.21. The second-order valence-corrected chi connectivity index (χ2v) is 5.38. The summed E-state index contributed by atoms with van der Waals surface area (Å²) in [5.74, 6) is 3.15. The van der Waals surface area contributed by atoms with Gasteiger partial charge in [0.1, 0.15) is 0 Å². The maximum Gasteiger partial charge on any atom is 0.161 e. The molecule has 0 aliphatic heterocycles. The van der Waals surface area contributed by atoms with E-state index in [-0.39, 0.29) is 5.92 Å². The average molecular weight is 328 g/mol. The maximum atomic E-state index is 5.37. The maximum absolute atomic E-state index is 5.37. The van der Waals surface area contributed by atoms with Gasteiger partial charge in [0.2, 0.25) is 0 Å². The predicted molar refractivity (Wildman–Crippen MR) is 96.5 cm³/mol. The fourth-order valence-electron chi connectivity index (χ4n) is 2.46. The average Bonchev–Trinajstić information content (AvgIpc) is 2.64. The van der Waals surface area contributed by atoms with E-state index in [4.69, 9.17) is 18.9 Å². The van der Waals surface area contributed by atoms with Gasteiger partial charge in [0.25, 0.3) is 0 Å². The molecule has 128 valence electrons. The van der Waals surface area contributed by atoms with Crippen molar-refractivity contribution < 1.29 is 18.9 Å². The molecule has 24 heavy (non-hydrogen) atoms. The van der Waals surface area contributed by atoms with Crippen LogP contribution in [0.25, 0.3) is 6.08 Å². The molecule has 0 radical (unpaired) electrons. The molecule has 0 heterocycles. The molecule has 4 heteroatoms. The third-order valence-electron chi connectivity index (χ3n) is 3.92. The van der Waals surface area contributed by atoms with Crippen molar-refractivity contribution in [3.8, 4) is 23.0 Å². The monoisotopic (exact) mass is 328 g/mol. The summed E-state index contributed by atoms with van der Waals surface area (Å²) >= 11 is 0. The van der Waals surface area contributed by atoms with Crippen molar-refractivity contribution in [2.24, 2.45) is 0 Å². The standard InChI is InChI=1S/C20H24O4/c1-14(16-9-11-18(22-3)20(13-16)24-5)6-7-15-8-10-17(21-2)19(12-15)23-4/h6-14H,1-5H3. The van der Waals surface area contributed by atoms with Gasteiger partial charge >= 0.3 is 0 Å². The lowest BCUT2D eigenvalue weighted by molar-refractivity contribution is 0.354. The quantitative estimate of drug-likeness (QED) is 0.748. The van der Waals surface area contributed by atoms with Crippen molar-refractivity contribution in [3.63, 3.8) is 0 Å². The molecule has 4 nitrogen and oxygen atoms in total. The summed E-state index contributed by atoms with van der Waals surface area (Å²) in [6.07, 6.45) is 4.21. The Kier molecular flexibility index (Phi) is 6.13. The van der Waals surface area contributed by atoms with Crippen LogP contribution in [0.4, 0.5) is 0 Å². The van der Waals surface area contributed by atoms with Crippen molar-refractivity contribution in [1.29, 1.82) is 0 Å². The highest BCUT2D eigenvalue weighted by Crippen LogP contribution is 2.32. The van der Waals surface area contributed by atoms with Crippen LogP contribution >= 0.6 is 0 Å². The Hall–Kier alpha value is -2.62. The predicted octanol–water partition coefficient (Wildman–Crippen LogP) is 4.54. The van der Waals surface area contributed by atoms with E-state index in [0.717, 1.165) is 34.1 Å². The largest absolute Gasteiger partial charge is 0.493 e. The number of hydrogen-bond acceptors (Lipinski definition) is 4. The molecule has 0 saturated heterocycles. The van der Waals surface area contributed by atoms with E-state index >= 15 is 0 Å². The summed E-state index contributed by atoms with van der Waals surface area (Å²) in [6.45, 7) is 2.14.